The van der Waals surface area contributed by atoms with Gasteiger partial charge in [0, 0.05) is 28.9 Å². The first-order chi connectivity index (χ1) is 11.9. The maximum absolute atomic E-state index is 12.2. The summed E-state index contributed by atoms with van der Waals surface area (Å²) < 4.78 is 22.8. The molecule has 0 bridgehead atoms. The summed E-state index contributed by atoms with van der Waals surface area (Å²) in [6.07, 6.45) is 2.00. The fraction of sp³-hybridized carbons (Fsp3) is 0.267. The van der Waals surface area contributed by atoms with Gasteiger partial charge in [-0.25, -0.2) is 18.2 Å². The molecule has 0 radical (unpaired) electrons. The molecule has 1 fully saturated rings. The van der Waals surface area contributed by atoms with Gasteiger partial charge in [-0.15, -0.1) is 11.3 Å². The summed E-state index contributed by atoms with van der Waals surface area (Å²) in [6.45, 7) is 0. The maximum atomic E-state index is 12.2. The summed E-state index contributed by atoms with van der Waals surface area (Å²) in [5, 5.41) is 10.1. The molecule has 1 aliphatic heterocycles. The van der Waals surface area contributed by atoms with E-state index in [1.165, 1.54) is 17.4 Å². The number of hydrogen-bond acceptors (Lipinski definition) is 6. The Labute approximate surface area is 148 Å². The number of rotatable bonds is 4. The Morgan fingerprint density at radius 2 is 2.08 bits per heavy atom. The fourth-order valence-corrected chi connectivity index (χ4v) is 4.65. The van der Waals surface area contributed by atoms with Gasteiger partial charge in [0.05, 0.1) is 11.5 Å². The minimum atomic E-state index is -3.06. The lowest BCUT2D eigenvalue weighted by molar-refractivity contribution is 0.102. The Morgan fingerprint density at radius 1 is 1.24 bits per heavy atom. The highest BCUT2D eigenvalue weighted by Crippen LogP contribution is 2.16. The highest BCUT2D eigenvalue weighted by molar-refractivity contribution is 7.91. The molecule has 132 valence electrons. The van der Waals surface area contributed by atoms with Gasteiger partial charge in [-0.2, -0.15) is 0 Å². The fourth-order valence-electron chi connectivity index (χ4n) is 2.45. The third-order valence-electron chi connectivity index (χ3n) is 3.60. The molecule has 0 saturated carbocycles. The van der Waals surface area contributed by atoms with E-state index in [1.54, 1.807) is 29.8 Å². The Morgan fingerprint density at radius 3 is 2.76 bits per heavy atom. The molecule has 1 atom stereocenters. The van der Waals surface area contributed by atoms with Crippen molar-refractivity contribution in [1.82, 2.24) is 10.3 Å². The van der Waals surface area contributed by atoms with Crippen molar-refractivity contribution in [2.24, 2.45) is 0 Å². The average molecular weight is 380 g/mol. The largest absolute Gasteiger partial charge is 0.334 e. The number of thiazole rings is 1. The van der Waals surface area contributed by atoms with Gasteiger partial charge in [-0.05, 0) is 24.6 Å². The van der Waals surface area contributed by atoms with Gasteiger partial charge in [0.15, 0.2) is 15.0 Å². The highest BCUT2D eigenvalue weighted by Gasteiger charge is 2.28. The first-order valence-corrected chi connectivity index (χ1v) is 10.2. The van der Waals surface area contributed by atoms with E-state index in [0.29, 0.717) is 22.8 Å². The number of nitrogens with one attached hydrogen (secondary N) is 3. The van der Waals surface area contributed by atoms with E-state index < -0.39 is 15.9 Å². The van der Waals surface area contributed by atoms with Crippen LogP contribution in [0, 0.1) is 0 Å². The zero-order chi connectivity index (χ0) is 17.9. The number of hydrogen-bond donors (Lipinski definition) is 3. The molecule has 2 heterocycles. The molecular weight excluding hydrogens is 364 g/mol. The van der Waals surface area contributed by atoms with Crippen LogP contribution in [0.2, 0.25) is 0 Å². The highest BCUT2D eigenvalue weighted by atomic mass is 32.2. The number of nitrogens with zero attached hydrogens (tertiary/aromatic N) is 1. The lowest BCUT2D eigenvalue weighted by atomic mass is 10.2. The minimum Gasteiger partial charge on any atom is -0.334 e. The van der Waals surface area contributed by atoms with Gasteiger partial charge in [0.25, 0.3) is 5.91 Å². The number of carbonyl (C=O) groups is 2. The van der Waals surface area contributed by atoms with E-state index in [9.17, 15) is 18.0 Å². The SMILES string of the molecule is O=C(Nc1cccc(C(=O)Nc2nccs2)c1)N[C@@H]1CCS(=O)(=O)C1. The third kappa shape index (κ3) is 4.77. The van der Waals surface area contributed by atoms with Crippen LogP contribution in [0.3, 0.4) is 0 Å². The number of aromatic nitrogens is 1. The second-order valence-electron chi connectivity index (χ2n) is 5.57. The number of carbonyl (C=O) groups excluding carboxylic acids is 2. The average Bonchev–Trinajstić information content (AvgIpc) is 3.17. The molecule has 3 amide bonds. The van der Waals surface area contributed by atoms with Crippen molar-refractivity contribution in [1.29, 1.82) is 0 Å². The second-order valence-corrected chi connectivity index (χ2v) is 8.69. The first kappa shape index (κ1) is 17.4. The molecule has 3 N–H and O–H groups in total. The van der Waals surface area contributed by atoms with Crippen molar-refractivity contribution < 1.29 is 18.0 Å². The predicted octanol–water partition coefficient (Wildman–Crippen LogP) is 1.70. The van der Waals surface area contributed by atoms with Gasteiger partial charge in [0.1, 0.15) is 0 Å². The van der Waals surface area contributed by atoms with Crippen LogP contribution in [0.5, 0.6) is 0 Å². The minimum absolute atomic E-state index is 0.0450. The molecular formula is C15H16N4O4S2. The molecule has 25 heavy (non-hydrogen) atoms. The van der Waals surface area contributed by atoms with Crippen molar-refractivity contribution in [3.05, 3.63) is 41.4 Å². The molecule has 0 aliphatic carbocycles. The van der Waals surface area contributed by atoms with Gasteiger partial charge < -0.3 is 10.6 Å². The van der Waals surface area contributed by atoms with Crippen molar-refractivity contribution in [3.63, 3.8) is 0 Å². The van der Waals surface area contributed by atoms with Crippen molar-refractivity contribution >= 4 is 43.9 Å². The predicted molar refractivity (Wildman–Crippen MR) is 95.7 cm³/mol. The zero-order valence-corrected chi connectivity index (χ0v) is 14.7. The lowest BCUT2D eigenvalue weighted by Gasteiger charge is -2.12. The van der Waals surface area contributed by atoms with Crippen LogP contribution in [-0.2, 0) is 9.84 Å². The van der Waals surface area contributed by atoms with Crippen LogP contribution in [0.4, 0.5) is 15.6 Å². The molecule has 0 unspecified atom stereocenters. The van der Waals surface area contributed by atoms with Gasteiger partial charge in [-0.1, -0.05) is 6.07 Å². The number of anilines is 2. The zero-order valence-electron chi connectivity index (χ0n) is 13.1. The number of sulfone groups is 1. The Kier molecular flexibility index (Phi) is 5.00. The summed E-state index contributed by atoms with van der Waals surface area (Å²) in [5.41, 5.74) is 0.807. The smallest absolute Gasteiger partial charge is 0.319 e. The van der Waals surface area contributed by atoms with Crippen LogP contribution < -0.4 is 16.0 Å². The lowest BCUT2D eigenvalue weighted by Crippen LogP contribution is -2.38. The summed E-state index contributed by atoms with van der Waals surface area (Å²) in [5.74, 6) is -0.290. The summed E-state index contributed by atoms with van der Waals surface area (Å²) in [7, 11) is -3.06. The summed E-state index contributed by atoms with van der Waals surface area (Å²) in [4.78, 5) is 28.1. The van der Waals surface area contributed by atoms with E-state index >= 15 is 0 Å². The molecule has 3 rings (SSSR count). The number of urea groups is 1. The molecule has 1 aliphatic rings. The van der Waals surface area contributed by atoms with E-state index in [0.717, 1.165) is 0 Å². The van der Waals surface area contributed by atoms with Crippen molar-refractivity contribution in [2.75, 3.05) is 22.1 Å². The molecule has 8 nitrogen and oxygen atoms in total. The summed E-state index contributed by atoms with van der Waals surface area (Å²) >= 11 is 1.31. The third-order valence-corrected chi connectivity index (χ3v) is 6.06. The van der Waals surface area contributed by atoms with E-state index in [-0.39, 0.29) is 23.5 Å². The van der Waals surface area contributed by atoms with E-state index in [4.69, 9.17) is 0 Å². The Balaban J connectivity index is 1.59. The van der Waals surface area contributed by atoms with Crippen LogP contribution >= 0.6 is 11.3 Å². The topological polar surface area (TPSA) is 117 Å². The van der Waals surface area contributed by atoms with Gasteiger partial charge in [-0.3, -0.25) is 10.1 Å². The first-order valence-electron chi connectivity index (χ1n) is 7.50. The summed E-state index contributed by atoms with van der Waals surface area (Å²) in [6, 6.07) is 5.56. The number of amides is 3. The van der Waals surface area contributed by atoms with E-state index in [1.807, 2.05) is 0 Å². The van der Waals surface area contributed by atoms with Crippen LogP contribution in [0.25, 0.3) is 0 Å². The van der Waals surface area contributed by atoms with Crippen LogP contribution in [-0.4, -0.2) is 42.9 Å². The molecule has 0 spiro atoms. The van der Waals surface area contributed by atoms with E-state index in [2.05, 4.69) is 20.9 Å². The van der Waals surface area contributed by atoms with Crippen molar-refractivity contribution in [3.8, 4) is 0 Å². The maximum Gasteiger partial charge on any atom is 0.319 e. The molecule has 1 aromatic carbocycles. The van der Waals surface area contributed by atoms with Crippen LogP contribution in [0.1, 0.15) is 16.8 Å². The van der Waals surface area contributed by atoms with Gasteiger partial charge in [0.2, 0.25) is 0 Å². The number of benzene rings is 1. The molecule has 1 saturated heterocycles. The molecule has 10 heteroatoms. The normalized spacial score (nSPS) is 18.5. The monoisotopic (exact) mass is 380 g/mol. The Hall–Kier alpha value is -2.46. The molecule has 2 aromatic rings. The quantitative estimate of drug-likeness (QED) is 0.746. The second kappa shape index (κ2) is 7.19. The molecule has 1 aromatic heterocycles. The van der Waals surface area contributed by atoms with Gasteiger partial charge >= 0.3 is 6.03 Å². The Bertz CT molecular complexity index is 881. The standard InChI is InChI=1S/C15H16N4O4S2/c20-13(19-15-16-5-6-24-15)10-2-1-3-11(8-10)17-14(21)18-12-4-7-25(22,23)9-12/h1-3,5-6,8,12H,4,7,9H2,(H,16,19,20)(H2,17,18,21)/t12-/m1/s1. The van der Waals surface area contributed by atoms with Crippen molar-refractivity contribution in [2.45, 2.75) is 12.5 Å². The van der Waals surface area contributed by atoms with Crippen LogP contribution in [0.15, 0.2) is 35.8 Å².